The van der Waals surface area contributed by atoms with Gasteiger partial charge in [0, 0.05) is 22.2 Å². The molecule has 0 saturated heterocycles. The van der Waals surface area contributed by atoms with Crippen LogP contribution in [-0.4, -0.2) is 24.5 Å². The number of amides is 1. The third-order valence-corrected chi connectivity index (χ3v) is 7.14. The molecule has 0 bridgehead atoms. The van der Waals surface area contributed by atoms with Crippen molar-refractivity contribution < 1.29 is 22.7 Å². The molecule has 9 heteroatoms. The molecule has 2 aromatic carbocycles. The Hall–Kier alpha value is -2.74. The minimum Gasteiger partial charge on any atom is -0.462 e. The standard InChI is InChI=1S/C23H21ClF3N3O2/c24-13-4-2-12(3-5-13)22(8-1-9-22)20(31)29-14-6-7-17(25)15(10-14)23(19(26)27)16-11-18(16)32-21(28)30-23/h2-7,10,16,18-19H,1,8-9,11H2,(H2,28,30)(H,29,31)/t16?,18-,23-/m1/s1. The van der Waals surface area contributed by atoms with E-state index < -0.39 is 35.2 Å². The molecular formula is C23H21ClF3N3O2. The van der Waals surface area contributed by atoms with E-state index in [9.17, 15) is 18.0 Å². The Balaban J connectivity index is 1.49. The van der Waals surface area contributed by atoms with Gasteiger partial charge < -0.3 is 15.8 Å². The van der Waals surface area contributed by atoms with E-state index in [0.29, 0.717) is 24.3 Å². The second kappa shape index (κ2) is 7.40. The number of nitrogens with zero attached hydrogens (tertiary/aromatic N) is 1. The number of nitrogens with one attached hydrogen (secondary N) is 1. The number of alkyl halides is 2. The maximum Gasteiger partial charge on any atom is 0.283 e. The number of fused-ring (bicyclic) bond motifs is 1. The molecule has 168 valence electrons. The second-order valence-corrected chi connectivity index (χ2v) is 9.10. The molecule has 1 heterocycles. The SMILES string of the molecule is NC1=N[C@@](c2cc(NC(=O)C3(c4ccc(Cl)cc4)CCC3)ccc2F)(C(F)F)C2C[C@H]2O1. The highest BCUT2D eigenvalue weighted by atomic mass is 35.5. The number of anilines is 1. The summed E-state index contributed by atoms with van der Waals surface area (Å²) in [4.78, 5) is 17.1. The maximum absolute atomic E-state index is 14.8. The predicted molar refractivity (Wildman–Crippen MR) is 114 cm³/mol. The Morgan fingerprint density at radius 1 is 1.22 bits per heavy atom. The molecule has 3 atom stereocenters. The van der Waals surface area contributed by atoms with Crippen molar-refractivity contribution in [2.45, 2.75) is 49.2 Å². The summed E-state index contributed by atoms with van der Waals surface area (Å²) >= 11 is 5.98. The van der Waals surface area contributed by atoms with Crippen molar-refractivity contribution in [1.82, 2.24) is 0 Å². The number of hydrogen-bond donors (Lipinski definition) is 2. The highest BCUT2D eigenvalue weighted by Crippen LogP contribution is 2.56. The molecule has 2 fully saturated rings. The summed E-state index contributed by atoms with van der Waals surface area (Å²) in [6.07, 6.45) is -1.01. The lowest BCUT2D eigenvalue weighted by Gasteiger charge is -2.41. The lowest BCUT2D eigenvalue weighted by atomic mass is 9.64. The molecule has 1 aliphatic heterocycles. The Kier molecular flexibility index (Phi) is 4.89. The van der Waals surface area contributed by atoms with Crippen LogP contribution in [0.25, 0.3) is 0 Å². The largest absolute Gasteiger partial charge is 0.462 e. The monoisotopic (exact) mass is 463 g/mol. The predicted octanol–water partition coefficient (Wildman–Crippen LogP) is 4.73. The van der Waals surface area contributed by atoms with Crippen LogP contribution >= 0.6 is 11.6 Å². The number of carbonyl (C=O) groups is 1. The van der Waals surface area contributed by atoms with Crippen molar-refractivity contribution in [1.29, 1.82) is 0 Å². The number of amidine groups is 1. The van der Waals surface area contributed by atoms with Crippen molar-refractivity contribution in [3.05, 3.63) is 64.4 Å². The summed E-state index contributed by atoms with van der Waals surface area (Å²) < 4.78 is 48.7. The quantitative estimate of drug-likeness (QED) is 0.672. The molecule has 3 aliphatic rings. The van der Waals surface area contributed by atoms with Gasteiger partial charge in [-0.3, -0.25) is 4.79 Å². The number of carbonyl (C=O) groups excluding carboxylic acids is 1. The summed E-state index contributed by atoms with van der Waals surface area (Å²) in [7, 11) is 0. The average molecular weight is 464 g/mol. The molecule has 5 nitrogen and oxygen atoms in total. The van der Waals surface area contributed by atoms with E-state index in [4.69, 9.17) is 22.1 Å². The van der Waals surface area contributed by atoms with E-state index in [1.165, 1.54) is 12.1 Å². The highest BCUT2D eigenvalue weighted by molar-refractivity contribution is 6.30. The molecule has 2 aromatic rings. The number of benzene rings is 2. The number of rotatable bonds is 5. The fraction of sp³-hybridized carbons (Fsp3) is 0.391. The molecule has 5 rings (SSSR count). The number of hydrogen-bond acceptors (Lipinski definition) is 4. The molecule has 0 radical (unpaired) electrons. The van der Waals surface area contributed by atoms with Crippen LogP contribution in [0.15, 0.2) is 47.5 Å². The zero-order valence-electron chi connectivity index (χ0n) is 17.0. The minimum absolute atomic E-state index is 0.226. The van der Waals surface area contributed by atoms with E-state index in [1.54, 1.807) is 12.1 Å². The molecule has 1 unspecified atom stereocenters. The van der Waals surface area contributed by atoms with Gasteiger partial charge in [-0.05, 0) is 55.2 Å². The van der Waals surface area contributed by atoms with Crippen molar-refractivity contribution >= 4 is 29.2 Å². The first-order chi connectivity index (χ1) is 15.3. The highest BCUT2D eigenvalue weighted by Gasteiger charge is 2.64. The smallest absolute Gasteiger partial charge is 0.283 e. The third kappa shape index (κ3) is 3.15. The van der Waals surface area contributed by atoms with E-state index in [-0.39, 0.29) is 23.2 Å². The fourth-order valence-corrected chi connectivity index (χ4v) is 5.03. The van der Waals surface area contributed by atoms with E-state index in [2.05, 4.69) is 10.3 Å². The lowest BCUT2D eigenvalue weighted by molar-refractivity contribution is -0.124. The van der Waals surface area contributed by atoms with E-state index in [0.717, 1.165) is 18.1 Å². The Morgan fingerprint density at radius 2 is 1.94 bits per heavy atom. The molecule has 0 spiro atoms. The van der Waals surface area contributed by atoms with Crippen LogP contribution in [0, 0.1) is 11.7 Å². The summed E-state index contributed by atoms with van der Waals surface area (Å²) in [5.41, 5.74) is 3.52. The number of ether oxygens (including phenoxy) is 1. The van der Waals surface area contributed by atoms with Gasteiger partial charge in [0.05, 0.1) is 5.41 Å². The number of nitrogens with two attached hydrogens (primary N) is 1. The van der Waals surface area contributed by atoms with Crippen LogP contribution in [0.3, 0.4) is 0 Å². The van der Waals surface area contributed by atoms with E-state index in [1.807, 2.05) is 12.1 Å². The van der Waals surface area contributed by atoms with Gasteiger partial charge in [-0.15, -0.1) is 0 Å². The van der Waals surface area contributed by atoms with Crippen LogP contribution in [0.5, 0.6) is 0 Å². The molecule has 2 saturated carbocycles. The van der Waals surface area contributed by atoms with Crippen LogP contribution in [-0.2, 0) is 20.5 Å². The van der Waals surface area contributed by atoms with Gasteiger partial charge in [-0.25, -0.2) is 18.2 Å². The van der Waals surface area contributed by atoms with Crippen molar-refractivity contribution in [3.8, 4) is 0 Å². The summed E-state index contributed by atoms with van der Waals surface area (Å²) in [6.45, 7) is 0. The molecular weight excluding hydrogens is 443 g/mol. The van der Waals surface area contributed by atoms with Gasteiger partial charge >= 0.3 is 0 Å². The zero-order valence-corrected chi connectivity index (χ0v) is 17.7. The molecule has 1 amide bonds. The molecule has 3 N–H and O–H groups in total. The van der Waals surface area contributed by atoms with Gasteiger partial charge in [0.15, 0.2) is 5.54 Å². The first-order valence-electron chi connectivity index (χ1n) is 10.4. The van der Waals surface area contributed by atoms with Crippen LogP contribution in [0.4, 0.5) is 18.9 Å². The summed E-state index contributed by atoms with van der Waals surface area (Å²) in [5.74, 6) is -1.78. The maximum atomic E-state index is 14.8. The van der Waals surface area contributed by atoms with Gasteiger partial charge in [0.1, 0.15) is 11.9 Å². The number of aliphatic imine (C=N–C) groups is 1. The van der Waals surface area contributed by atoms with Crippen LogP contribution in [0.2, 0.25) is 5.02 Å². The minimum atomic E-state index is -2.99. The van der Waals surface area contributed by atoms with Gasteiger partial charge in [0.25, 0.3) is 12.4 Å². The zero-order chi connectivity index (χ0) is 22.7. The van der Waals surface area contributed by atoms with Gasteiger partial charge in [-0.1, -0.05) is 30.2 Å². The van der Waals surface area contributed by atoms with Crippen molar-refractivity contribution in [3.63, 3.8) is 0 Å². The fourth-order valence-electron chi connectivity index (χ4n) is 4.91. The van der Waals surface area contributed by atoms with Crippen LogP contribution in [0.1, 0.15) is 36.8 Å². The Labute approximate surface area is 187 Å². The third-order valence-electron chi connectivity index (χ3n) is 6.89. The normalized spacial score (nSPS) is 27.6. The van der Waals surface area contributed by atoms with Gasteiger partial charge in [-0.2, -0.15) is 0 Å². The molecule has 2 aliphatic carbocycles. The number of halogens is 4. The van der Waals surface area contributed by atoms with Gasteiger partial charge in [0.2, 0.25) is 5.91 Å². The average Bonchev–Trinajstić information content (AvgIpc) is 3.49. The molecule has 0 aromatic heterocycles. The Morgan fingerprint density at radius 3 is 2.56 bits per heavy atom. The lowest BCUT2D eigenvalue weighted by Crippen LogP contribution is -2.46. The topological polar surface area (TPSA) is 76.7 Å². The molecule has 32 heavy (non-hydrogen) atoms. The first-order valence-corrected chi connectivity index (χ1v) is 10.8. The summed E-state index contributed by atoms with van der Waals surface area (Å²) in [6, 6.07) is 10.4. The van der Waals surface area contributed by atoms with E-state index >= 15 is 0 Å². The van der Waals surface area contributed by atoms with Crippen LogP contribution < -0.4 is 11.1 Å². The first kappa shape index (κ1) is 21.1. The Bertz CT molecular complexity index is 1100. The summed E-state index contributed by atoms with van der Waals surface area (Å²) in [5, 5.41) is 3.37. The second-order valence-electron chi connectivity index (χ2n) is 8.67. The van der Waals surface area contributed by atoms with Crippen molar-refractivity contribution in [2.75, 3.05) is 5.32 Å². The van der Waals surface area contributed by atoms with Crippen molar-refractivity contribution in [2.24, 2.45) is 16.6 Å².